The van der Waals surface area contributed by atoms with Crippen molar-refractivity contribution in [3.63, 3.8) is 0 Å². The van der Waals surface area contributed by atoms with Crippen molar-refractivity contribution in [1.82, 2.24) is 4.90 Å². The highest BCUT2D eigenvalue weighted by molar-refractivity contribution is 6.53. The highest BCUT2D eigenvalue weighted by Gasteiger charge is 2.39. The van der Waals surface area contributed by atoms with Crippen molar-refractivity contribution in [3.05, 3.63) is 142 Å². The summed E-state index contributed by atoms with van der Waals surface area (Å²) in [5, 5.41) is 2.80. The fourth-order valence-electron chi connectivity index (χ4n) is 4.75. The van der Waals surface area contributed by atoms with Crippen LogP contribution in [0, 0.1) is 13.8 Å². The molecule has 40 heavy (non-hydrogen) atoms. The van der Waals surface area contributed by atoms with Crippen LogP contribution < -0.4 is 10.2 Å². The SMILES string of the molecule is Cc1ccc(N2C(=O)C(Cl)=C(Nc3cccc(C(=O)N(Cc4ccccc4)Cc4ccccc4)c3)C2=O)c(C)c1. The Morgan fingerprint density at radius 3 is 2.00 bits per heavy atom. The van der Waals surface area contributed by atoms with Gasteiger partial charge in [-0.1, -0.05) is 96.0 Å². The summed E-state index contributed by atoms with van der Waals surface area (Å²) >= 11 is 6.36. The maximum Gasteiger partial charge on any atom is 0.283 e. The third kappa shape index (κ3) is 5.67. The van der Waals surface area contributed by atoms with E-state index < -0.39 is 11.8 Å². The molecule has 1 N–H and O–H groups in total. The Hall–Kier alpha value is -4.68. The van der Waals surface area contributed by atoms with E-state index in [9.17, 15) is 14.4 Å². The number of halogens is 1. The second-order valence-corrected chi connectivity index (χ2v) is 10.1. The lowest BCUT2D eigenvalue weighted by Gasteiger charge is -2.23. The Balaban J connectivity index is 1.39. The van der Waals surface area contributed by atoms with E-state index >= 15 is 0 Å². The Bertz CT molecular complexity index is 1580. The van der Waals surface area contributed by atoms with Crippen LogP contribution in [0.1, 0.15) is 32.6 Å². The molecular formula is C33H28ClN3O3. The fraction of sp³-hybridized carbons (Fsp3) is 0.121. The van der Waals surface area contributed by atoms with Crippen molar-refractivity contribution in [2.45, 2.75) is 26.9 Å². The number of nitrogens with zero attached hydrogens (tertiary/aromatic N) is 2. The fourth-order valence-corrected chi connectivity index (χ4v) is 4.96. The lowest BCUT2D eigenvalue weighted by molar-refractivity contribution is -0.120. The summed E-state index contributed by atoms with van der Waals surface area (Å²) in [5.74, 6) is -1.30. The topological polar surface area (TPSA) is 69.7 Å². The first kappa shape index (κ1) is 26.9. The molecule has 0 unspecified atom stereocenters. The summed E-state index contributed by atoms with van der Waals surface area (Å²) in [6.45, 7) is 4.65. The van der Waals surface area contributed by atoms with Gasteiger partial charge >= 0.3 is 0 Å². The van der Waals surface area contributed by atoms with Crippen LogP contribution >= 0.6 is 11.6 Å². The number of carbonyl (C=O) groups excluding carboxylic acids is 3. The minimum atomic E-state index is -0.592. The van der Waals surface area contributed by atoms with Gasteiger partial charge in [0.25, 0.3) is 17.7 Å². The molecule has 1 aliphatic rings. The van der Waals surface area contributed by atoms with Crippen molar-refractivity contribution >= 4 is 40.7 Å². The standard InChI is InChI=1S/C33H28ClN3O3/c1-22-16-17-28(23(2)18-22)37-32(39)29(34)30(33(37)40)35-27-15-9-14-26(19-27)31(38)36(20-24-10-5-3-6-11-24)21-25-12-7-4-8-13-25/h3-19,35H,20-21H2,1-2H3. The normalized spacial score (nSPS) is 13.1. The zero-order valence-corrected chi connectivity index (χ0v) is 23.0. The highest BCUT2D eigenvalue weighted by Crippen LogP contribution is 2.32. The maximum absolute atomic E-state index is 13.8. The van der Waals surface area contributed by atoms with Gasteiger partial charge in [-0.25, -0.2) is 4.90 Å². The molecule has 1 aliphatic heterocycles. The number of aryl methyl sites for hydroxylation is 2. The van der Waals surface area contributed by atoms with Crippen molar-refractivity contribution in [3.8, 4) is 0 Å². The summed E-state index contributed by atoms with van der Waals surface area (Å²) in [7, 11) is 0. The van der Waals surface area contributed by atoms with Crippen LogP contribution in [0.2, 0.25) is 0 Å². The minimum absolute atomic E-state index is 0.0262. The van der Waals surface area contributed by atoms with E-state index in [2.05, 4.69) is 5.32 Å². The summed E-state index contributed by atoms with van der Waals surface area (Å²) in [6, 6.07) is 32.0. The number of nitrogens with one attached hydrogen (secondary N) is 1. The predicted molar refractivity (Wildman–Crippen MR) is 158 cm³/mol. The lowest BCUT2D eigenvalue weighted by atomic mass is 10.1. The van der Waals surface area contributed by atoms with Gasteiger partial charge in [0.1, 0.15) is 10.7 Å². The van der Waals surface area contributed by atoms with Crippen molar-refractivity contribution in [1.29, 1.82) is 0 Å². The van der Waals surface area contributed by atoms with E-state index in [1.54, 1.807) is 35.2 Å². The first-order valence-electron chi connectivity index (χ1n) is 12.9. The van der Waals surface area contributed by atoms with Crippen LogP contribution in [-0.4, -0.2) is 22.6 Å². The quantitative estimate of drug-likeness (QED) is 0.252. The zero-order chi connectivity index (χ0) is 28.2. The summed E-state index contributed by atoms with van der Waals surface area (Å²) < 4.78 is 0. The van der Waals surface area contributed by atoms with Gasteiger partial charge in [0, 0.05) is 24.3 Å². The molecule has 0 bridgehead atoms. The van der Waals surface area contributed by atoms with Crippen molar-refractivity contribution in [2.75, 3.05) is 10.2 Å². The van der Waals surface area contributed by atoms with Gasteiger partial charge in [-0.3, -0.25) is 14.4 Å². The van der Waals surface area contributed by atoms with E-state index in [-0.39, 0.29) is 16.6 Å². The number of rotatable bonds is 8. The predicted octanol–water partition coefficient (Wildman–Crippen LogP) is 6.58. The molecule has 6 nitrogen and oxygen atoms in total. The highest BCUT2D eigenvalue weighted by atomic mass is 35.5. The molecule has 7 heteroatoms. The van der Waals surface area contributed by atoms with Gasteiger partial charge in [0.15, 0.2) is 0 Å². The first-order valence-corrected chi connectivity index (χ1v) is 13.3. The van der Waals surface area contributed by atoms with E-state index in [1.165, 1.54) is 0 Å². The molecule has 200 valence electrons. The van der Waals surface area contributed by atoms with Crippen molar-refractivity contribution < 1.29 is 14.4 Å². The second kappa shape index (κ2) is 11.6. The minimum Gasteiger partial charge on any atom is -0.350 e. The molecular weight excluding hydrogens is 522 g/mol. The maximum atomic E-state index is 13.8. The van der Waals surface area contributed by atoms with E-state index in [0.29, 0.717) is 30.0 Å². The van der Waals surface area contributed by atoms with Crippen LogP contribution in [0.4, 0.5) is 11.4 Å². The number of anilines is 2. The van der Waals surface area contributed by atoms with Crippen LogP contribution in [0.3, 0.4) is 0 Å². The molecule has 0 radical (unpaired) electrons. The number of hydrogen-bond acceptors (Lipinski definition) is 4. The van der Waals surface area contributed by atoms with Crippen LogP contribution in [0.25, 0.3) is 0 Å². The molecule has 4 aromatic rings. The molecule has 1 heterocycles. The van der Waals surface area contributed by atoms with Gasteiger partial charge in [0.2, 0.25) is 0 Å². The summed E-state index contributed by atoms with van der Waals surface area (Å²) in [4.78, 5) is 42.9. The average molecular weight is 550 g/mol. The van der Waals surface area contributed by atoms with Crippen LogP contribution in [0.15, 0.2) is 114 Å². The summed E-state index contributed by atoms with van der Waals surface area (Å²) in [6.07, 6.45) is 0. The monoisotopic (exact) mass is 549 g/mol. The molecule has 5 rings (SSSR count). The number of carbonyl (C=O) groups is 3. The van der Waals surface area contributed by atoms with Crippen LogP contribution in [0.5, 0.6) is 0 Å². The zero-order valence-electron chi connectivity index (χ0n) is 22.2. The smallest absolute Gasteiger partial charge is 0.283 e. The largest absolute Gasteiger partial charge is 0.350 e. The van der Waals surface area contributed by atoms with Gasteiger partial charge in [-0.15, -0.1) is 0 Å². The Kier molecular flexibility index (Phi) is 7.80. The van der Waals surface area contributed by atoms with Gasteiger partial charge in [0.05, 0.1) is 5.69 Å². The molecule has 0 fully saturated rings. The Labute approximate surface area is 238 Å². The molecule has 4 aromatic carbocycles. The van der Waals surface area contributed by atoms with Gasteiger partial charge < -0.3 is 10.2 Å². The lowest BCUT2D eigenvalue weighted by Crippen LogP contribution is -2.33. The molecule has 0 aromatic heterocycles. The molecule has 0 atom stereocenters. The first-order chi connectivity index (χ1) is 19.3. The van der Waals surface area contributed by atoms with Crippen molar-refractivity contribution in [2.24, 2.45) is 0 Å². The van der Waals surface area contributed by atoms with Crippen LogP contribution in [-0.2, 0) is 22.7 Å². The Morgan fingerprint density at radius 1 is 0.775 bits per heavy atom. The molecule has 0 aliphatic carbocycles. The average Bonchev–Trinajstić information content (AvgIpc) is 3.16. The second-order valence-electron chi connectivity index (χ2n) is 9.76. The third-order valence-corrected chi connectivity index (χ3v) is 7.07. The molecule has 0 saturated heterocycles. The number of imide groups is 1. The van der Waals surface area contributed by atoms with E-state index in [1.807, 2.05) is 86.6 Å². The molecule has 0 spiro atoms. The number of hydrogen-bond donors (Lipinski definition) is 1. The van der Waals surface area contributed by atoms with E-state index in [4.69, 9.17) is 11.6 Å². The molecule has 3 amide bonds. The summed E-state index contributed by atoms with van der Waals surface area (Å²) in [5.41, 5.74) is 5.21. The van der Waals surface area contributed by atoms with E-state index in [0.717, 1.165) is 27.2 Å². The number of benzene rings is 4. The van der Waals surface area contributed by atoms with Gasteiger partial charge in [-0.2, -0.15) is 0 Å². The molecule has 0 saturated carbocycles. The van der Waals surface area contributed by atoms with Gasteiger partial charge in [-0.05, 0) is 54.8 Å². The Morgan fingerprint density at radius 2 is 1.40 bits per heavy atom. The number of amides is 3. The third-order valence-electron chi connectivity index (χ3n) is 6.72.